The van der Waals surface area contributed by atoms with Crippen molar-refractivity contribution in [3.05, 3.63) is 64.7 Å². The van der Waals surface area contributed by atoms with Crippen molar-refractivity contribution < 1.29 is 14.2 Å². The topological polar surface area (TPSA) is 64.1 Å². The molecule has 2 aromatic carbocycles. The fourth-order valence-corrected chi connectivity index (χ4v) is 3.42. The van der Waals surface area contributed by atoms with Crippen LogP contribution in [-0.2, 0) is 29.2 Å². The van der Waals surface area contributed by atoms with Gasteiger partial charge in [-0.05, 0) is 50.5 Å². The second kappa shape index (κ2) is 13.2. The van der Waals surface area contributed by atoms with Crippen LogP contribution in [0.5, 0.6) is 5.75 Å². The Balaban J connectivity index is 0.00000385. The molecule has 0 amide bonds. The van der Waals surface area contributed by atoms with Gasteiger partial charge < -0.3 is 24.8 Å². The Bertz CT molecular complexity index is 906. The summed E-state index contributed by atoms with van der Waals surface area (Å²) in [5, 5.41) is 6.80. The summed E-state index contributed by atoms with van der Waals surface area (Å²) in [5.41, 5.74) is 4.49. The fraction of sp³-hybridized carbons (Fsp3) is 0.500. The van der Waals surface area contributed by atoms with Gasteiger partial charge in [0.2, 0.25) is 0 Å². The standard InChI is InChI=1S/C26H37N3O3.HI/c1-19-9-10-22(24(13-19)32-23-11-12-30-18-23)16-29-25(27-5)28-15-20-7-6-8-21(14-20)17-31-26(2,3)4;/h6-10,13-14,23H,11-12,15-18H2,1-5H3,(H2,27,28,29);1H. The summed E-state index contributed by atoms with van der Waals surface area (Å²) in [6, 6.07) is 14.7. The molecule has 1 saturated heterocycles. The number of aliphatic imine (C=N–C) groups is 1. The van der Waals surface area contributed by atoms with Crippen LogP contribution in [0.1, 0.15) is 49.4 Å². The monoisotopic (exact) mass is 567 g/mol. The van der Waals surface area contributed by atoms with Crippen molar-refractivity contribution in [3.8, 4) is 5.75 Å². The van der Waals surface area contributed by atoms with Crippen LogP contribution in [0, 0.1) is 6.92 Å². The van der Waals surface area contributed by atoms with E-state index in [9.17, 15) is 0 Å². The van der Waals surface area contributed by atoms with Crippen LogP contribution in [0.15, 0.2) is 47.5 Å². The molecular weight excluding hydrogens is 529 g/mol. The first-order valence-electron chi connectivity index (χ1n) is 11.3. The minimum atomic E-state index is -0.149. The quantitative estimate of drug-likeness (QED) is 0.268. The van der Waals surface area contributed by atoms with E-state index in [1.165, 1.54) is 16.7 Å². The molecule has 2 aromatic rings. The molecular formula is C26H38IN3O3. The Morgan fingerprint density at radius 1 is 1.09 bits per heavy atom. The van der Waals surface area contributed by atoms with E-state index in [1.54, 1.807) is 7.05 Å². The van der Waals surface area contributed by atoms with E-state index in [0.717, 1.165) is 30.3 Å². The fourth-order valence-electron chi connectivity index (χ4n) is 3.42. The van der Waals surface area contributed by atoms with Crippen LogP contribution in [0.25, 0.3) is 0 Å². The predicted octanol–water partition coefficient (Wildman–Crippen LogP) is 4.96. The van der Waals surface area contributed by atoms with Gasteiger partial charge in [-0.25, -0.2) is 0 Å². The van der Waals surface area contributed by atoms with Crippen LogP contribution in [0.3, 0.4) is 0 Å². The van der Waals surface area contributed by atoms with Gasteiger partial charge in [0.15, 0.2) is 5.96 Å². The molecule has 0 aliphatic carbocycles. The average Bonchev–Trinajstić information content (AvgIpc) is 3.26. The molecule has 182 valence electrons. The molecule has 0 saturated carbocycles. The number of aryl methyl sites for hydroxylation is 1. The summed E-state index contributed by atoms with van der Waals surface area (Å²) in [6.45, 7) is 11.6. The summed E-state index contributed by atoms with van der Waals surface area (Å²) in [6.07, 6.45) is 1.06. The normalized spacial score (nSPS) is 16.3. The highest BCUT2D eigenvalue weighted by atomic mass is 127. The van der Waals surface area contributed by atoms with Crippen LogP contribution >= 0.6 is 24.0 Å². The molecule has 0 aromatic heterocycles. The van der Waals surface area contributed by atoms with Gasteiger partial charge in [-0.1, -0.05) is 36.4 Å². The Hall–Kier alpha value is -1.84. The minimum Gasteiger partial charge on any atom is -0.488 e. The van der Waals surface area contributed by atoms with E-state index in [0.29, 0.717) is 26.3 Å². The summed E-state index contributed by atoms with van der Waals surface area (Å²) in [5.74, 6) is 1.66. The lowest BCUT2D eigenvalue weighted by molar-refractivity contribution is -0.0149. The lowest BCUT2D eigenvalue weighted by atomic mass is 10.1. The Morgan fingerprint density at radius 2 is 1.85 bits per heavy atom. The third kappa shape index (κ3) is 9.51. The second-order valence-electron chi connectivity index (χ2n) is 9.21. The molecule has 2 N–H and O–H groups in total. The van der Waals surface area contributed by atoms with Gasteiger partial charge in [-0.15, -0.1) is 24.0 Å². The summed E-state index contributed by atoms with van der Waals surface area (Å²) < 4.78 is 17.6. The number of nitrogens with one attached hydrogen (secondary N) is 2. The zero-order valence-electron chi connectivity index (χ0n) is 20.4. The van der Waals surface area contributed by atoms with Crippen molar-refractivity contribution in [2.45, 2.75) is 65.5 Å². The molecule has 1 aliphatic rings. The van der Waals surface area contributed by atoms with Crippen LogP contribution < -0.4 is 15.4 Å². The van der Waals surface area contributed by atoms with Crippen molar-refractivity contribution in [3.63, 3.8) is 0 Å². The van der Waals surface area contributed by atoms with E-state index in [2.05, 4.69) is 85.8 Å². The van der Waals surface area contributed by atoms with Gasteiger partial charge in [0, 0.05) is 32.1 Å². The molecule has 3 rings (SSSR count). The SMILES string of the molecule is CN=C(NCc1cccc(COC(C)(C)C)c1)NCc1ccc(C)cc1OC1CCOC1.I. The van der Waals surface area contributed by atoms with E-state index < -0.39 is 0 Å². The maximum atomic E-state index is 6.21. The highest BCUT2D eigenvalue weighted by molar-refractivity contribution is 14.0. The summed E-state index contributed by atoms with van der Waals surface area (Å²) in [7, 11) is 1.78. The van der Waals surface area contributed by atoms with Crippen LogP contribution in [-0.4, -0.2) is 37.9 Å². The third-order valence-corrected chi connectivity index (χ3v) is 5.20. The molecule has 0 radical (unpaired) electrons. The Kier molecular flexibility index (Phi) is 10.9. The van der Waals surface area contributed by atoms with Gasteiger partial charge in [0.25, 0.3) is 0 Å². The number of hydrogen-bond acceptors (Lipinski definition) is 4. The molecule has 0 bridgehead atoms. The first-order chi connectivity index (χ1) is 15.3. The number of benzene rings is 2. The van der Waals surface area contributed by atoms with Crippen molar-refractivity contribution >= 4 is 29.9 Å². The minimum absolute atomic E-state index is 0. The molecule has 1 atom stereocenters. The third-order valence-electron chi connectivity index (χ3n) is 5.20. The van der Waals surface area contributed by atoms with E-state index in [4.69, 9.17) is 14.2 Å². The molecule has 1 heterocycles. The maximum absolute atomic E-state index is 6.21. The largest absolute Gasteiger partial charge is 0.488 e. The van der Waals surface area contributed by atoms with Crippen molar-refractivity contribution in [1.29, 1.82) is 0 Å². The number of hydrogen-bond donors (Lipinski definition) is 2. The number of ether oxygens (including phenoxy) is 3. The highest BCUT2D eigenvalue weighted by Crippen LogP contribution is 2.23. The van der Waals surface area contributed by atoms with Crippen molar-refractivity contribution in [2.75, 3.05) is 20.3 Å². The van der Waals surface area contributed by atoms with Crippen LogP contribution in [0.2, 0.25) is 0 Å². The Morgan fingerprint density at radius 3 is 2.55 bits per heavy atom. The van der Waals surface area contributed by atoms with Gasteiger partial charge in [-0.3, -0.25) is 4.99 Å². The van der Waals surface area contributed by atoms with Gasteiger partial charge in [0.05, 0.1) is 25.4 Å². The maximum Gasteiger partial charge on any atom is 0.191 e. The summed E-state index contributed by atoms with van der Waals surface area (Å²) in [4.78, 5) is 4.37. The van der Waals surface area contributed by atoms with Crippen molar-refractivity contribution in [2.24, 2.45) is 4.99 Å². The number of guanidine groups is 1. The van der Waals surface area contributed by atoms with Gasteiger partial charge >= 0.3 is 0 Å². The number of rotatable bonds is 8. The zero-order chi connectivity index (χ0) is 23.0. The number of halogens is 1. The molecule has 1 aliphatic heterocycles. The lowest BCUT2D eigenvalue weighted by Crippen LogP contribution is -2.36. The van der Waals surface area contributed by atoms with Gasteiger partial charge in [0.1, 0.15) is 11.9 Å². The van der Waals surface area contributed by atoms with E-state index in [-0.39, 0.29) is 35.7 Å². The predicted molar refractivity (Wildman–Crippen MR) is 144 cm³/mol. The molecule has 1 fully saturated rings. The Labute approximate surface area is 215 Å². The molecule has 0 spiro atoms. The molecule has 7 heteroatoms. The molecule has 33 heavy (non-hydrogen) atoms. The zero-order valence-corrected chi connectivity index (χ0v) is 22.8. The summed E-state index contributed by atoms with van der Waals surface area (Å²) >= 11 is 0. The first-order valence-corrected chi connectivity index (χ1v) is 11.3. The van der Waals surface area contributed by atoms with Crippen LogP contribution in [0.4, 0.5) is 0 Å². The second-order valence-corrected chi connectivity index (χ2v) is 9.21. The molecule has 1 unspecified atom stereocenters. The lowest BCUT2D eigenvalue weighted by Gasteiger charge is -2.20. The average molecular weight is 568 g/mol. The van der Waals surface area contributed by atoms with E-state index in [1.807, 2.05) is 0 Å². The molecule has 6 nitrogen and oxygen atoms in total. The highest BCUT2D eigenvalue weighted by Gasteiger charge is 2.19. The van der Waals surface area contributed by atoms with E-state index >= 15 is 0 Å². The first kappa shape index (κ1) is 27.4. The van der Waals surface area contributed by atoms with Gasteiger partial charge in [-0.2, -0.15) is 0 Å². The smallest absolute Gasteiger partial charge is 0.191 e. The van der Waals surface area contributed by atoms with Crippen molar-refractivity contribution in [1.82, 2.24) is 10.6 Å². The number of nitrogens with zero attached hydrogens (tertiary/aromatic N) is 1.